The molecule has 0 saturated heterocycles. The topological polar surface area (TPSA) is 54.3 Å². The number of nitrogens with one attached hydrogen (secondary N) is 2. The fraction of sp³-hybridized carbons (Fsp3) is 0.261. The van der Waals surface area contributed by atoms with Crippen molar-refractivity contribution in [2.45, 2.75) is 25.7 Å². The summed E-state index contributed by atoms with van der Waals surface area (Å²) in [6.07, 6.45) is 6.92. The molecule has 1 fully saturated rings. The van der Waals surface area contributed by atoms with Crippen molar-refractivity contribution in [3.05, 3.63) is 72.7 Å². The molecule has 2 aromatic carbocycles. The molecular weight excluding hydrogens is 336 g/mol. The van der Waals surface area contributed by atoms with Crippen molar-refractivity contribution in [3.8, 4) is 11.1 Å². The van der Waals surface area contributed by atoms with Crippen LogP contribution in [0.3, 0.4) is 0 Å². The summed E-state index contributed by atoms with van der Waals surface area (Å²) in [7, 11) is 0. The van der Waals surface area contributed by atoms with Gasteiger partial charge in [-0.25, -0.2) is 0 Å². The maximum absolute atomic E-state index is 12.6. The lowest BCUT2D eigenvalue weighted by Gasteiger charge is -2.12. The number of hydrogen-bond donors (Lipinski definition) is 2. The van der Waals surface area contributed by atoms with Crippen molar-refractivity contribution in [1.29, 1.82) is 0 Å². The minimum atomic E-state index is -0.245. The molecular formula is C23H24N2O2. The third-order valence-electron chi connectivity index (χ3n) is 5.17. The Bertz CT molecular complexity index is 878. The molecule has 0 atom stereocenters. The van der Waals surface area contributed by atoms with Gasteiger partial charge in [-0.1, -0.05) is 43.2 Å². The highest BCUT2D eigenvalue weighted by atomic mass is 16.3. The average Bonchev–Trinajstić information content (AvgIpc) is 3.40. The molecule has 0 radical (unpaired) electrons. The molecule has 1 aliphatic rings. The van der Waals surface area contributed by atoms with Crippen molar-refractivity contribution in [3.63, 3.8) is 0 Å². The highest BCUT2D eigenvalue weighted by Crippen LogP contribution is 2.27. The zero-order valence-electron chi connectivity index (χ0n) is 15.3. The summed E-state index contributed by atoms with van der Waals surface area (Å²) >= 11 is 0. The Morgan fingerprint density at radius 2 is 1.63 bits per heavy atom. The van der Waals surface area contributed by atoms with Gasteiger partial charge in [0.1, 0.15) is 0 Å². The van der Waals surface area contributed by atoms with Gasteiger partial charge in [-0.2, -0.15) is 0 Å². The summed E-state index contributed by atoms with van der Waals surface area (Å²) in [5.41, 5.74) is 3.59. The van der Waals surface area contributed by atoms with E-state index in [-0.39, 0.29) is 5.91 Å². The maximum atomic E-state index is 12.6. The van der Waals surface area contributed by atoms with Gasteiger partial charge in [0.15, 0.2) is 5.76 Å². The normalized spacial score (nSPS) is 14.2. The Morgan fingerprint density at radius 1 is 0.926 bits per heavy atom. The first-order chi connectivity index (χ1) is 13.3. The second-order valence-electron chi connectivity index (χ2n) is 7.09. The zero-order chi connectivity index (χ0) is 18.5. The number of anilines is 2. The zero-order valence-corrected chi connectivity index (χ0v) is 15.3. The molecule has 1 heterocycles. The molecule has 0 unspecified atom stereocenters. The second kappa shape index (κ2) is 8.12. The molecule has 0 aliphatic heterocycles. The van der Waals surface area contributed by atoms with Crippen LogP contribution >= 0.6 is 0 Å². The molecule has 0 spiro atoms. The van der Waals surface area contributed by atoms with Crippen molar-refractivity contribution in [1.82, 2.24) is 0 Å². The number of carbonyl (C=O) groups is 1. The summed E-state index contributed by atoms with van der Waals surface area (Å²) in [5, 5.41) is 6.41. The van der Waals surface area contributed by atoms with E-state index < -0.39 is 0 Å². The molecule has 1 amide bonds. The number of carbonyl (C=O) groups excluding carboxylic acids is 1. The molecule has 1 aromatic heterocycles. The van der Waals surface area contributed by atoms with Crippen LogP contribution in [0.2, 0.25) is 0 Å². The van der Waals surface area contributed by atoms with Gasteiger partial charge in [-0.05, 0) is 54.7 Å². The van der Waals surface area contributed by atoms with Gasteiger partial charge in [-0.15, -0.1) is 0 Å². The molecule has 2 N–H and O–H groups in total. The lowest BCUT2D eigenvalue weighted by Crippen LogP contribution is -2.13. The monoisotopic (exact) mass is 360 g/mol. The van der Waals surface area contributed by atoms with E-state index in [9.17, 15) is 4.79 Å². The number of benzene rings is 2. The van der Waals surface area contributed by atoms with Crippen molar-refractivity contribution >= 4 is 17.3 Å². The molecule has 4 heteroatoms. The van der Waals surface area contributed by atoms with Crippen LogP contribution in [0.1, 0.15) is 36.2 Å². The van der Waals surface area contributed by atoms with E-state index in [2.05, 4.69) is 10.6 Å². The third kappa shape index (κ3) is 4.22. The molecule has 0 bridgehead atoms. The minimum absolute atomic E-state index is 0.245. The van der Waals surface area contributed by atoms with Gasteiger partial charge in [0.25, 0.3) is 5.91 Å². The molecule has 1 aliphatic carbocycles. The standard InChI is InChI=1S/C23H24N2O2/c26-23(22-21(14-15-27-22)18-8-2-1-3-9-18)25-20-12-10-19(11-13-20)24-16-17-6-4-5-7-17/h1-3,8-15,17,24H,4-7,16H2,(H,25,26). The van der Waals surface area contributed by atoms with E-state index in [1.54, 1.807) is 6.26 Å². The third-order valence-corrected chi connectivity index (χ3v) is 5.17. The van der Waals surface area contributed by atoms with E-state index in [4.69, 9.17) is 4.42 Å². The lowest BCUT2D eigenvalue weighted by atomic mass is 10.1. The predicted molar refractivity (Wildman–Crippen MR) is 109 cm³/mol. The lowest BCUT2D eigenvalue weighted by molar-refractivity contribution is 0.0997. The Kier molecular flexibility index (Phi) is 5.24. The summed E-state index contributed by atoms with van der Waals surface area (Å²) in [6, 6.07) is 19.4. The molecule has 1 saturated carbocycles. The van der Waals surface area contributed by atoms with Crippen LogP contribution in [0.25, 0.3) is 11.1 Å². The quantitative estimate of drug-likeness (QED) is 0.584. The largest absolute Gasteiger partial charge is 0.459 e. The number of hydrogen-bond acceptors (Lipinski definition) is 3. The Balaban J connectivity index is 1.39. The highest BCUT2D eigenvalue weighted by molar-refractivity contribution is 6.06. The van der Waals surface area contributed by atoms with Crippen molar-refractivity contribution in [2.75, 3.05) is 17.2 Å². The van der Waals surface area contributed by atoms with E-state index in [1.807, 2.05) is 60.7 Å². The first-order valence-electron chi connectivity index (χ1n) is 9.58. The van der Waals surface area contributed by atoms with Crippen LogP contribution in [0.15, 0.2) is 71.3 Å². The fourth-order valence-electron chi connectivity index (χ4n) is 3.67. The Morgan fingerprint density at radius 3 is 2.37 bits per heavy atom. The molecule has 4 nitrogen and oxygen atoms in total. The van der Waals surface area contributed by atoms with E-state index >= 15 is 0 Å². The van der Waals surface area contributed by atoms with Crippen LogP contribution < -0.4 is 10.6 Å². The fourth-order valence-corrected chi connectivity index (χ4v) is 3.67. The highest BCUT2D eigenvalue weighted by Gasteiger charge is 2.17. The van der Waals surface area contributed by atoms with E-state index in [1.165, 1.54) is 25.7 Å². The second-order valence-corrected chi connectivity index (χ2v) is 7.09. The predicted octanol–water partition coefficient (Wildman–Crippen LogP) is 5.80. The van der Waals surface area contributed by atoms with Crippen LogP contribution in [-0.2, 0) is 0 Å². The SMILES string of the molecule is O=C(Nc1ccc(NCC2CCCC2)cc1)c1occc1-c1ccccc1. The van der Waals surface area contributed by atoms with Crippen molar-refractivity contribution in [2.24, 2.45) is 5.92 Å². The molecule has 3 aromatic rings. The first kappa shape index (κ1) is 17.4. The van der Waals surface area contributed by atoms with Crippen LogP contribution in [0.5, 0.6) is 0 Å². The molecule has 27 heavy (non-hydrogen) atoms. The Labute approximate surface area is 159 Å². The molecule has 138 valence electrons. The van der Waals surface area contributed by atoms with Gasteiger partial charge in [0, 0.05) is 23.5 Å². The van der Waals surface area contributed by atoms with Crippen LogP contribution in [0, 0.1) is 5.92 Å². The minimum Gasteiger partial charge on any atom is -0.459 e. The number of rotatable bonds is 6. The van der Waals surface area contributed by atoms with Gasteiger partial charge in [0.05, 0.1) is 6.26 Å². The van der Waals surface area contributed by atoms with Gasteiger partial charge >= 0.3 is 0 Å². The van der Waals surface area contributed by atoms with Gasteiger partial charge in [0.2, 0.25) is 0 Å². The van der Waals surface area contributed by atoms with Crippen molar-refractivity contribution < 1.29 is 9.21 Å². The Hall–Kier alpha value is -3.01. The first-order valence-corrected chi connectivity index (χ1v) is 9.58. The van der Waals surface area contributed by atoms with E-state index in [0.29, 0.717) is 5.76 Å². The average molecular weight is 360 g/mol. The van der Waals surface area contributed by atoms with Gasteiger partial charge < -0.3 is 15.1 Å². The van der Waals surface area contributed by atoms with Gasteiger partial charge in [-0.3, -0.25) is 4.79 Å². The number of furan rings is 1. The smallest absolute Gasteiger partial charge is 0.292 e. The summed E-state index contributed by atoms with van der Waals surface area (Å²) < 4.78 is 5.45. The molecule has 4 rings (SSSR count). The van der Waals surface area contributed by atoms with Crippen LogP contribution in [0.4, 0.5) is 11.4 Å². The summed E-state index contributed by atoms with van der Waals surface area (Å²) in [6.45, 7) is 1.03. The van der Waals surface area contributed by atoms with E-state index in [0.717, 1.165) is 35.0 Å². The summed E-state index contributed by atoms with van der Waals surface area (Å²) in [4.78, 5) is 12.6. The maximum Gasteiger partial charge on any atom is 0.292 e. The summed E-state index contributed by atoms with van der Waals surface area (Å²) in [5.74, 6) is 0.870. The number of amides is 1. The van der Waals surface area contributed by atoms with Crippen LogP contribution in [-0.4, -0.2) is 12.5 Å².